The Morgan fingerprint density at radius 2 is 2.15 bits per heavy atom. The average molecular weight is 273 g/mol. The predicted molar refractivity (Wildman–Crippen MR) is 77.7 cm³/mol. The zero-order valence-electron chi connectivity index (χ0n) is 11.3. The summed E-state index contributed by atoms with van der Waals surface area (Å²) in [5, 5.41) is 13.0. The molecule has 1 saturated heterocycles. The normalized spacial score (nSPS) is 16.4. The summed E-state index contributed by atoms with van der Waals surface area (Å²) in [6.07, 6.45) is 4.91. The number of hydrogen-bond donors (Lipinski definition) is 2. The first-order valence-electron chi connectivity index (χ1n) is 6.97. The highest BCUT2D eigenvalue weighted by atomic mass is 16.3. The topological polar surface area (TPSA) is 61.5 Å². The maximum Gasteiger partial charge on any atom is 0.151 e. The van der Waals surface area contributed by atoms with Crippen LogP contribution in [0.1, 0.15) is 18.6 Å². The molecule has 0 atom stereocenters. The number of nitrogens with zero attached hydrogens (tertiary/aromatic N) is 2. The molecule has 1 aliphatic heterocycles. The lowest BCUT2D eigenvalue weighted by Gasteiger charge is -2.31. The molecule has 2 N–H and O–H groups in total. The van der Waals surface area contributed by atoms with Gasteiger partial charge in [0.15, 0.2) is 5.82 Å². The third-order valence-electron chi connectivity index (χ3n) is 3.58. The molecular formula is C15H19N3O2. The van der Waals surface area contributed by atoms with Gasteiger partial charge >= 0.3 is 0 Å². The molecular weight excluding hydrogens is 254 g/mol. The minimum absolute atomic E-state index is 0.172. The van der Waals surface area contributed by atoms with Gasteiger partial charge in [0.1, 0.15) is 5.76 Å². The fourth-order valence-corrected chi connectivity index (χ4v) is 2.46. The Hall–Kier alpha value is -2.01. The molecule has 0 saturated carbocycles. The van der Waals surface area contributed by atoms with Crippen molar-refractivity contribution >= 4 is 11.5 Å². The number of hydrogen-bond acceptors (Lipinski definition) is 5. The van der Waals surface area contributed by atoms with Gasteiger partial charge in [0.2, 0.25) is 0 Å². The zero-order valence-corrected chi connectivity index (χ0v) is 11.3. The summed E-state index contributed by atoms with van der Waals surface area (Å²) in [5.41, 5.74) is 1.00. The maximum atomic E-state index is 9.60. The van der Waals surface area contributed by atoms with Gasteiger partial charge in [0, 0.05) is 19.3 Å². The molecule has 2 aromatic heterocycles. The van der Waals surface area contributed by atoms with Crippen LogP contribution in [0.25, 0.3) is 0 Å². The van der Waals surface area contributed by atoms with E-state index >= 15 is 0 Å². The van der Waals surface area contributed by atoms with Crippen molar-refractivity contribution in [2.45, 2.75) is 25.5 Å². The van der Waals surface area contributed by atoms with Crippen LogP contribution < -0.4 is 10.2 Å². The highest BCUT2D eigenvalue weighted by molar-refractivity contribution is 5.65. The van der Waals surface area contributed by atoms with Crippen molar-refractivity contribution < 1.29 is 9.52 Å². The van der Waals surface area contributed by atoms with E-state index in [1.54, 1.807) is 12.5 Å². The van der Waals surface area contributed by atoms with Crippen LogP contribution in [-0.4, -0.2) is 29.3 Å². The van der Waals surface area contributed by atoms with Gasteiger partial charge < -0.3 is 19.7 Å². The Labute approximate surface area is 118 Å². The summed E-state index contributed by atoms with van der Waals surface area (Å²) in [7, 11) is 0. The monoisotopic (exact) mass is 273 g/mol. The number of nitrogens with one attached hydrogen (secondary N) is 1. The number of aliphatic hydroxyl groups is 1. The number of pyridine rings is 1. The van der Waals surface area contributed by atoms with Crippen LogP contribution in [0.3, 0.4) is 0 Å². The molecule has 0 unspecified atom stereocenters. The van der Waals surface area contributed by atoms with Crippen LogP contribution in [-0.2, 0) is 6.54 Å². The molecule has 0 aromatic carbocycles. The summed E-state index contributed by atoms with van der Waals surface area (Å²) >= 11 is 0. The first-order chi connectivity index (χ1) is 9.83. The van der Waals surface area contributed by atoms with E-state index in [0.717, 1.165) is 43.2 Å². The largest absolute Gasteiger partial charge is 0.467 e. The summed E-state index contributed by atoms with van der Waals surface area (Å²) in [5.74, 6) is 1.85. The highest BCUT2D eigenvalue weighted by Gasteiger charge is 2.20. The van der Waals surface area contributed by atoms with Crippen molar-refractivity contribution in [1.29, 1.82) is 0 Å². The summed E-state index contributed by atoms with van der Waals surface area (Å²) in [4.78, 5) is 6.70. The molecule has 0 bridgehead atoms. The number of rotatable bonds is 4. The molecule has 0 aliphatic carbocycles. The average Bonchev–Trinajstić information content (AvgIpc) is 3.00. The van der Waals surface area contributed by atoms with Crippen LogP contribution >= 0.6 is 0 Å². The molecule has 20 heavy (non-hydrogen) atoms. The molecule has 1 fully saturated rings. The van der Waals surface area contributed by atoms with Crippen LogP contribution in [0.5, 0.6) is 0 Å². The third kappa shape index (κ3) is 2.93. The number of aromatic nitrogens is 1. The number of furan rings is 1. The summed E-state index contributed by atoms with van der Waals surface area (Å²) < 4.78 is 5.33. The van der Waals surface area contributed by atoms with E-state index in [9.17, 15) is 5.11 Å². The van der Waals surface area contributed by atoms with Gasteiger partial charge in [0.05, 0.1) is 24.6 Å². The predicted octanol–water partition coefficient (Wildman–Crippen LogP) is 2.25. The Morgan fingerprint density at radius 3 is 2.90 bits per heavy atom. The molecule has 106 valence electrons. The first-order valence-corrected chi connectivity index (χ1v) is 6.97. The van der Waals surface area contributed by atoms with E-state index in [4.69, 9.17) is 4.42 Å². The van der Waals surface area contributed by atoms with Gasteiger partial charge in [-0.05, 0) is 37.1 Å². The van der Waals surface area contributed by atoms with Crippen LogP contribution in [0, 0.1) is 0 Å². The van der Waals surface area contributed by atoms with E-state index in [-0.39, 0.29) is 6.10 Å². The summed E-state index contributed by atoms with van der Waals surface area (Å²) in [6.45, 7) is 2.32. The minimum Gasteiger partial charge on any atom is -0.467 e. The third-order valence-corrected chi connectivity index (χ3v) is 3.58. The van der Waals surface area contributed by atoms with Crippen molar-refractivity contribution in [3.05, 3.63) is 42.5 Å². The number of aliphatic hydroxyl groups excluding tert-OH is 1. The van der Waals surface area contributed by atoms with Gasteiger partial charge in [-0.1, -0.05) is 0 Å². The van der Waals surface area contributed by atoms with Crippen molar-refractivity contribution in [2.75, 3.05) is 23.3 Å². The van der Waals surface area contributed by atoms with E-state index < -0.39 is 0 Å². The second-order valence-corrected chi connectivity index (χ2v) is 5.03. The minimum atomic E-state index is -0.172. The fourth-order valence-electron chi connectivity index (χ4n) is 2.46. The van der Waals surface area contributed by atoms with Crippen molar-refractivity contribution in [3.63, 3.8) is 0 Å². The first kappa shape index (κ1) is 13.0. The van der Waals surface area contributed by atoms with Crippen molar-refractivity contribution in [2.24, 2.45) is 0 Å². The summed E-state index contributed by atoms with van der Waals surface area (Å²) in [6, 6.07) is 7.77. The van der Waals surface area contributed by atoms with Gasteiger partial charge in [-0.2, -0.15) is 0 Å². The van der Waals surface area contributed by atoms with Crippen LogP contribution in [0.15, 0.2) is 41.1 Å². The fraction of sp³-hybridized carbons (Fsp3) is 0.400. The van der Waals surface area contributed by atoms with Gasteiger partial charge in [-0.25, -0.2) is 4.98 Å². The van der Waals surface area contributed by atoms with E-state index in [0.29, 0.717) is 6.54 Å². The SMILES string of the molecule is OC1CCN(c2ncccc2NCc2ccco2)CC1. The lowest BCUT2D eigenvalue weighted by Crippen LogP contribution is -2.36. The smallest absolute Gasteiger partial charge is 0.151 e. The lowest BCUT2D eigenvalue weighted by molar-refractivity contribution is 0.145. The van der Waals surface area contributed by atoms with Crippen molar-refractivity contribution in [1.82, 2.24) is 4.98 Å². The van der Waals surface area contributed by atoms with Crippen LogP contribution in [0.4, 0.5) is 11.5 Å². The quantitative estimate of drug-likeness (QED) is 0.894. The van der Waals surface area contributed by atoms with E-state index in [1.807, 2.05) is 24.3 Å². The maximum absolute atomic E-state index is 9.60. The van der Waals surface area contributed by atoms with Gasteiger partial charge in [0.25, 0.3) is 0 Å². The zero-order chi connectivity index (χ0) is 13.8. The molecule has 1 aliphatic rings. The van der Waals surface area contributed by atoms with Gasteiger partial charge in [-0.15, -0.1) is 0 Å². The second kappa shape index (κ2) is 5.96. The number of piperidine rings is 1. The molecule has 0 radical (unpaired) electrons. The Morgan fingerprint density at radius 1 is 1.30 bits per heavy atom. The molecule has 3 rings (SSSR count). The standard InChI is InChI=1S/C15H19N3O2/c19-12-5-8-18(9-6-12)15-14(4-1-7-16-15)17-11-13-3-2-10-20-13/h1-4,7,10,12,17,19H,5-6,8-9,11H2. The van der Waals surface area contributed by atoms with E-state index in [1.165, 1.54) is 0 Å². The van der Waals surface area contributed by atoms with Crippen molar-refractivity contribution in [3.8, 4) is 0 Å². The second-order valence-electron chi connectivity index (χ2n) is 5.03. The molecule has 0 amide bonds. The Bertz CT molecular complexity index is 534. The molecule has 3 heterocycles. The van der Waals surface area contributed by atoms with Crippen LogP contribution in [0.2, 0.25) is 0 Å². The van der Waals surface area contributed by atoms with E-state index in [2.05, 4.69) is 15.2 Å². The lowest BCUT2D eigenvalue weighted by atomic mass is 10.1. The molecule has 2 aromatic rings. The Balaban J connectivity index is 1.71. The molecule has 5 nitrogen and oxygen atoms in total. The molecule has 5 heteroatoms. The highest BCUT2D eigenvalue weighted by Crippen LogP contribution is 2.26. The molecule has 0 spiro atoms. The van der Waals surface area contributed by atoms with Gasteiger partial charge in [-0.3, -0.25) is 0 Å². The Kier molecular flexibility index (Phi) is 3.87. The number of anilines is 2.